The van der Waals surface area contributed by atoms with E-state index in [9.17, 15) is 0 Å². The molecule has 33 heavy (non-hydrogen) atoms. The number of hydrogen-bond donors (Lipinski definition) is 0. The second kappa shape index (κ2) is 9.37. The summed E-state index contributed by atoms with van der Waals surface area (Å²) in [5.74, 6) is 0.274. The van der Waals surface area contributed by atoms with Gasteiger partial charge in [-0.3, -0.25) is 0 Å². The molecular weight excluding hydrogens is 439 g/mol. The Morgan fingerprint density at radius 1 is 0.788 bits per heavy atom. The summed E-state index contributed by atoms with van der Waals surface area (Å²) in [5.41, 5.74) is 1.20. The Morgan fingerprint density at radius 3 is 1.85 bits per heavy atom. The van der Waals surface area contributed by atoms with E-state index in [0.29, 0.717) is 0 Å². The Bertz CT molecular complexity index is 1080. The smallest absolute Gasteiger partial charge is 0.192 e. The van der Waals surface area contributed by atoms with Crippen molar-refractivity contribution in [1.82, 2.24) is 0 Å². The van der Waals surface area contributed by atoms with Crippen molar-refractivity contribution in [3.8, 4) is 0 Å². The fraction of sp³-hybridized carbons (Fsp3) is 0.379. The molecule has 1 saturated carbocycles. The van der Waals surface area contributed by atoms with Crippen LogP contribution in [0.15, 0.2) is 84.9 Å². The van der Waals surface area contributed by atoms with Crippen molar-refractivity contribution in [3.05, 3.63) is 90.5 Å². The molecule has 0 aromatic heterocycles. The first-order valence-electron chi connectivity index (χ1n) is 12.1. The standard InChI is InChI=1S/C29H37O2PSi/c1-29(2,3)33(4,5)31-27-21-14-20-25(27)26-19-12-13-22-28(26)32(30,23-15-8-6-9-16-23)24-17-10-7-11-18-24/h6-13,15-19,22,25,27H,14,20-21H2,1-5H3. The van der Waals surface area contributed by atoms with Crippen LogP contribution in [0.25, 0.3) is 0 Å². The first kappa shape index (κ1) is 24.2. The van der Waals surface area contributed by atoms with Gasteiger partial charge in [0.1, 0.15) is 0 Å². The molecule has 1 aliphatic carbocycles. The highest BCUT2D eigenvalue weighted by molar-refractivity contribution is 7.85. The summed E-state index contributed by atoms with van der Waals surface area (Å²) in [7, 11) is -4.93. The van der Waals surface area contributed by atoms with E-state index in [1.54, 1.807) is 0 Å². The second-order valence-electron chi connectivity index (χ2n) is 10.8. The first-order valence-corrected chi connectivity index (χ1v) is 16.7. The van der Waals surface area contributed by atoms with E-state index in [4.69, 9.17) is 4.43 Å². The lowest BCUT2D eigenvalue weighted by Gasteiger charge is -2.40. The fourth-order valence-corrected chi connectivity index (χ4v) is 9.10. The molecule has 2 atom stereocenters. The lowest BCUT2D eigenvalue weighted by molar-refractivity contribution is 0.170. The fourth-order valence-electron chi connectivity index (χ4n) is 4.77. The maximum absolute atomic E-state index is 15.1. The SMILES string of the molecule is CC(C)(C)[Si](C)(C)OC1CCCC1c1ccccc1P(=O)(c1ccccc1)c1ccccc1. The van der Waals surface area contributed by atoms with Crippen LogP contribution in [-0.4, -0.2) is 14.4 Å². The van der Waals surface area contributed by atoms with Crippen molar-refractivity contribution in [1.29, 1.82) is 0 Å². The van der Waals surface area contributed by atoms with E-state index in [1.807, 2.05) is 66.7 Å². The van der Waals surface area contributed by atoms with E-state index in [-0.39, 0.29) is 17.1 Å². The lowest BCUT2D eigenvalue weighted by atomic mass is 9.96. The molecule has 0 N–H and O–H groups in total. The minimum Gasteiger partial charge on any atom is -0.413 e. The highest BCUT2D eigenvalue weighted by Crippen LogP contribution is 2.48. The van der Waals surface area contributed by atoms with E-state index < -0.39 is 15.5 Å². The molecule has 1 aliphatic rings. The van der Waals surface area contributed by atoms with Crippen LogP contribution in [0.2, 0.25) is 18.1 Å². The molecule has 4 heteroatoms. The van der Waals surface area contributed by atoms with Crippen LogP contribution in [0.4, 0.5) is 0 Å². The summed E-state index contributed by atoms with van der Waals surface area (Å²) < 4.78 is 22.1. The molecule has 3 aromatic carbocycles. The van der Waals surface area contributed by atoms with Crippen LogP contribution in [0.1, 0.15) is 51.5 Å². The summed E-state index contributed by atoms with van der Waals surface area (Å²) in [6, 6.07) is 28.4. The van der Waals surface area contributed by atoms with Crippen molar-refractivity contribution >= 4 is 31.4 Å². The van der Waals surface area contributed by atoms with Crippen molar-refractivity contribution in [2.75, 3.05) is 0 Å². The molecule has 0 radical (unpaired) electrons. The van der Waals surface area contributed by atoms with Crippen LogP contribution in [0, 0.1) is 0 Å². The van der Waals surface area contributed by atoms with Gasteiger partial charge in [-0.25, -0.2) is 0 Å². The Kier molecular flexibility index (Phi) is 6.87. The van der Waals surface area contributed by atoms with Gasteiger partial charge in [0.2, 0.25) is 0 Å². The van der Waals surface area contributed by atoms with E-state index in [0.717, 1.165) is 35.2 Å². The van der Waals surface area contributed by atoms with Crippen LogP contribution in [0.5, 0.6) is 0 Å². The molecule has 2 nitrogen and oxygen atoms in total. The number of rotatable bonds is 6. The van der Waals surface area contributed by atoms with E-state index in [2.05, 4.69) is 52.1 Å². The van der Waals surface area contributed by atoms with Gasteiger partial charge in [0, 0.05) is 21.8 Å². The van der Waals surface area contributed by atoms with Crippen LogP contribution >= 0.6 is 7.14 Å². The van der Waals surface area contributed by atoms with Crippen LogP contribution < -0.4 is 15.9 Å². The van der Waals surface area contributed by atoms with Gasteiger partial charge in [-0.15, -0.1) is 0 Å². The van der Waals surface area contributed by atoms with Gasteiger partial charge in [-0.1, -0.05) is 112 Å². The predicted octanol–water partition coefficient (Wildman–Crippen LogP) is 6.98. The summed E-state index contributed by atoms with van der Waals surface area (Å²) in [6.45, 7) is 11.6. The molecule has 0 amide bonds. The first-order chi connectivity index (χ1) is 15.6. The molecule has 1 fully saturated rings. The summed E-state index contributed by atoms with van der Waals surface area (Å²) in [4.78, 5) is 0. The minimum absolute atomic E-state index is 0.170. The molecule has 0 bridgehead atoms. The highest BCUT2D eigenvalue weighted by Gasteiger charge is 2.43. The van der Waals surface area contributed by atoms with Gasteiger partial charge in [-0.05, 0) is 36.5 Å². The zero-order valence-corrected chi connectivity index (χ0v) is 22.5. The van der Waals surface area contributed by atoms with E-state index in [1.165, 1.54) is 5.56 Å². The molecule has 0 aliphatic heterocycles. The molecule has 0 saturated heterocycles. The third-order valence-corrected chi connectivity index (χ3v) is 15.3. The Labute approximate surface area is 200 Å². The van der Waals surface area contributed by atoms with Crippen LogP contribution in [-0.2, 0) is 8.99 Å². The maximum Gasteiger partial charge on any atom is 0.192 e. The summed E-state index contributed by atoms with van der Waals surface area (Å²) in [6.07, 6.45) is 3.50. The number of hydrogen-bond acceptors (Lipinski definition) is 2. The molecular formula is C29H37O2PSi. The normalized spacial score (nSPS) is 19.5. The van der Waals surface area contributed by atoms with Gasteiger partial charge in [0.05, 0.1) is 6.10 Å². The monoisotopic (exact) mass is 476 g/mol. The predicted molar refractivity (Wildman–Crippen MR) is 144 cm³/mol. The maximum atomic E-state index is 15.1. The average molecular weight is 477 g/mol. The topological polar surface area (TPSA) is 26.3 Å². The van der Waals surface area contributed by atoms with Crippen molar-refractivity contribution in [2.45, 2.75) is 70.2 Å². The molecule has 2 unspecified atom stereocenters. The van der Waals surface area contributed by atoms with Crippen LogP contribution in [0.3, 0.4) is 0 Å². The molecule has 3 aromatic rings. The third kappa shape index (κ3) is 4.69. The highest BCUT2D eigenvalue weighted by atomic mass is 31.2. The molecule has 4 rings (SSSR count). The largest absolute Gasteiger partial charge is 0.413 e. The quantitative estimate of drug-likeness (QED) is 0.283. The van der Waals surface area contributed by atoms with Gasteiger partial charge in [-0.2, -0.15) is 0 Å². The summed E-state index contributed by atoms with van der Waals surface area (Å²) >= 11 is 0. The van der Waals surface area contributed by atoms with Gasteiger partial charge < -0.3 is 8.99 Å². The van der Waals surface area contributed by atoms with Gasteiger partial charge in [0.25, 0.3) is 0 Å². The van der Waals surface area contributed by atoms with Crippen molar-refractivity contribution in [2.24, 2.45) is 0 Å². The molecule has 0 heterocycles. The Hall–Kier alpha value is -1.93. The van der Waals surface area contributed by atoms with Gasteiger partial charge in [0.15, 0.2) is 15.5 Å². The van der Waals surface area contributed by atoms with E-state index >= 15 is 4.57 Å². The third-order valence-electron chi connectivity index (χ3n) is 7.62. The zero-order chi connectivity index (χ0) is 23.7. The summed E-state index contributed by atoms with van der Waals surface area (Å²) in [5, 5.41) is 2.92. The minimum atomic E-state index is -3.02. The average Bonchev–Trinajstić information content (AvgIpc) is 3.26. The van der Waals surface area contributed by atoms with Crippen molar-refractivity contribution in [3.63, 3.8) is 0 Å². The molecule has 0 spiro atoms. The Morgan fingerprint density at radius 2 is 1.30 bits per heavy atom. The second-order valence-corrected chi connectivity index (χ2v) is 18.3. The Balaban J connectivity index is 1.83. The number of benzene rings is 3. The molecule has 174 valence electrons. The van der Waals surface area contributed by atoms with Crippen molar-refractivity contribution < 1.29 is 8.99 Å². The van der Waals surface area contributed by atoms with Gasteiger partial charge >= 0.3 is 0 Å². The lowest BCUT2D eigenvalue weighted by Crippen LogP contribution is -2.44. The zero-order valence-electron chi connectivity index (χ0n) is 20.6.